The first-order valence-corrected chi connectivity index (χ1v) is 11.7. The maximum absolute atomic E-state index is 13.7. The van der Waals surface area contributed by atoms with Crippen molar-refractivity contribution in [3.63, 3.8) is 0 Å². The molecule has 7 heteroatoms. The van der Waals surface area contributed by atoms with Crippen LogP contribution in [0.3, 0.4) is 0 Å². The van der Waals surface area contributed by atoms with E-state index in [-0.39, 0.29) is 29.5 Å². The first-order valence-electron chi connectivity index (χ1n) is 11.7. The summed E-state index contributed by atoms with van der Waals surface area (Å²) < 4.78 is 5.61. The highest BCUT2D eigenvalue weighted by molar-refractivity contribution is 5.97. The van der Waals surface area contributed by atoms with Gasteiger partial charge in [-0.2, -0.15) is 0 Å². The minimum atomic E-state index is -0.818. The second kappa shape index (κ2) is 9.43. The van der Waals surface area contributed by atoms with Gasteiger partial charge in [-0.15, -0.1) is 0 Å². The molecule has 3 N–H and O–H groups in total. The molecule has 0 radical (unpaired) electrons. The van der Waals surface area contributed by atoms with Crippen LogP contribution in [-0.4, -0.2) is 45.7 Å². The molecule has 2 fully saturated rings. The number of nitrogens with one attached hydrogen (secondary N) is 1. The van der Waals surface area contributed by atoms with Crippen molar-refractivity contribution < 1.29 is 24.5 Å². The van der Waals surface area contributed by atoms with Crippen molar-refractivity contribution in [1.82, 2.24) is 4.90 Å². The summed E-state index contributed by atoms with van der Waals surface area (Å²) in [5, 5.41) is 24.4. The van der Waals surface area contributed by atoms with Gasteiger partial charge in [-0.3, -0.25) is 9.59 Å². The molecule has 4 rings (SSSR count). The molecule has 33 heavy (non-hydrogen) atoms. The van der Waals surface area contributed by atoms with Crippen molar-refractivity contribution in [2.45, 2.75) is 57.6 Å². The molecule has 2 aromatic rings. The number of benzene rings is 2. The number of anilines is 1. The van der Waals surface area contributed by atoms with Gasteiger partial charge in [0.25, 0.3) is 5.91 Å². The Morgan fingerprint density at radius 1 is 1.18 bits per heavy atom. The van der Waals surface area contributed by atoms with Gasteiger partial charge in [0, 0.05) is 30.6 Å². The number of phenolic OH excluding ortho intramolecular Hbond substituents is 1. The number of rotatable bonds is 5. The van der Waals surface area contributed by atoms with Gasteiger partial charge >= 0.3 is 0 Å². The highest BCUT2D eigenvalue weighted by Crippen LogP contribution is 2.50. The zero-order chi connectivity index (χ0) is 23.6. The van der Waals surface area contributed by atoms with E-state index in [2.05, 4.69) is 5.32 Å². The standard InChI is InChI=1S/C26H32N2O5/c1-3-33-23-16-18(10-11-22(23)30)24-21-9-4-5-12-26(21,32)13-14-28(24)25(31)19-7-6-8-20(15-19)27-17(2)29/h6-8,10-11,15-16,21,24,30,32H,3-5,9,12-14H2,1-2H3,(H,27,29)/t21-,24-,26-/m1/s1. The Bertz CT molecular complexity index is 1040. The first-order chi connectivity index (χ1) is 15.8. The van der Waals surface area contributed by atoms with Crippen LogP contribution >= 0.6 is 0 Å². The number of piperidine rings is 1. The Kier molecular flexibility index (Phi) is 6.61. The highest BCUT2D eigenvalue weighted by atomic mass is 16.5. The largest absolute Gasteiger partial charge is 0.504 e. The van der Waals surface area contributed by atoms with Crippen LogP contribution in [0.5, 0.6) is 11.5 Å². The van der Waals surface area contributed by atoms with Crippen molar-refractivity contribution in [2.24, 2.45) is 5.92 Å². The smallest absolute Gasteiger partial charge is 0.254 e. The molecular weight excluding hydrogens is 420 g/mol. The molecule has 1 heterocycles. The molecule has 2 aromatic carbocycles. The van der Waals surface area contributed by atoms with Crippen LogP contribution < -0.4 is 10.1 Å². The van der Waals surface area contributed by atoms with Gasteiger partial charge in [-0.1, -0.05) is 25.0 Å². The van der Waals surface area contributed by atoms with E-state index >= 15 is 0 Å². The minimum absolute atomic E-state index is 0.0520. The van der Waals surface area contributed by atoms with Crippen molar-refractivity contribution in [2.75, 3.05) is 18.5 Å². The van der Waals surface area contributed by atoms with Gasteiger partial charge in [0.2, 0.25) is 5.91 Å². The number of nitrogens with zero attached hydrogens (tertiary/aromatic N) is 1. The molecule has 176 valence electrons. The topological polar surface area (TPSA) is 99.1 Å². The second-order valence-electron chi connectivity index (χ2n) is 9.07. The average Bonchev–Trinajstić information content (AvgIpc) is 2.79. The molecule has 3 atom stereocenters. The molecule has 1 aliphatic carbocycles. The number of likely N-dealkylation sites (tertiary alicyclic amines) is 1. The summed E-state index contributed by atoms with van der Waals surface area (Å²) in [4.78, 5) is 27.0. The van der Waals surface area contributed by atoms with E-state index in [4.69, 9.17) is 4.74 Å². The van der Waals surface area contributed by atoms with Crippen LogP contribution in [-0.2, 0) is 4.79 Å². The Morgan fingerprint density at radius 2 is 2.00 bits per heavy atom. The summed E-state index contributed by atoms with van der Waals surface area (Å²) in [6, 6.07) is 11.8. The molecule has 0 unspecified atom stereocenters. The third kappa shape index (κ3) is 4.69. The van der Waals surface area contributed by atoms with Crippen LogP contribution in [0.2, 0.25) is 0 Å². The van der Waals surface area contributed by atoms with Crippen LogP contribution in [0.4, 0.5) is 5.69 Å². The number of hydrogen-bond acceptors (Lipinski definition) is 5. The van der Waals surface area contributed by atoms with Gasteiger partial charge in [0.05, 0.1) is 18.2 Å². The number of aromatic hydroxyl groups is 1. The average molecular weight is 453 g/mol. The number of fused-ring (bicyclic) bond motifs is 1. The predicted molar refractivity (Wildman–Crippen MR) is 125 cm³/mol. The Hall–Kier alpha value is -3.06. The summed E-state index contributed by atoms with van der Waals surface area (Å²) in [6.45, 7) is 4.11. The van der Waals surface area contributed by atoms with Crippen LogP contribution in [0.25, 0.3) is 0 Å². The lowest BCUT2D eigenvalue weighted by Gasteiger charge is -2.52. The summed E-state index contributed by atoms with van der Waals surface area (Å²) in [5.74, 6) is -0.0289. The summed E-state index contributed by atoms with van der Waals surface area (Å²) in [6.07, 6.45) is 4.06. The fraction of sp³-hybridized carbons (Fsp3) is 0.462. The van der Waals surface area contributed by atoms with Gasteiger partial charge < -0.3 is 25.2 Å². The lowest BCUT2D eigenvalue weighted by Crippen LogP contribution is -2.56. The van der Waals surface area contributed by atoms with E-state index in [0.717, 1.165) is 31.2 Å². The molecular formula is C26H32N2O5. The monoisotopic (exact) mass is 452 g/mol. The van der Waals surface area contributed by atoms with Crippen LogP contribution in [0.15, 0.2) is 42.5 Å². The molecule has 7 nitrogen and oxygen atoms in total. The zero-order valence-corrected chi connectivity index (χ0v) is 19.2. The number of phenols is 1. The fourth-order valence-electron chi connectivity index (χ4n) is 5.41. The number of aliphatic hydroxyl groups is 1. The molecule has 1 saturated carbocycles. The normalized spacial score (nSPS) is 24.6. The third-order valence-corrected chi connectivity index (χ3v) is 6.88. The highest BCUT2D eigenvalue weighted by Gasteiger charge is 2.50. The van der Waals surface area contributed by atoms with E-state index in [9.17, 15) is 19.8 Å². The number of hydrogen-bond donors (Lipinski definition) is 3. The van der Waals surface area contributed by atoms with Crippen LogP contribution in [0.1, 0.15) is 67.9 Å². The van der Waals surface area contributed by atoms with Gasteiger partial charge in [-0.05, 0) is 62.1 Å². The van der Waals surface area contributed by atoms with Crippen molar-refractivity contribution in [1.29, 1.82) is 0 Å². The predicted octanol–water partition coefficient (Wildman–Crippen LogP) is 4.26. The third-order valence-electron chi connectivity index (χ3n) is 6.88. The lowest BCUT2D eigenvalue weighted by molar-refractivity contribution is -0.115. The van der Waals surface area contributed by atoms with Crippen molar-refractivity contribution in [3.8, 4) is 11.5 Å². The molecule has 1 saturated heterocycles. The van der Waals surface area contributed by atoms with Gasteiger partial charge in [-0.25, -0.2) is 0 Å². The molecule has 0 spiro atoms. The molecule has 0 aromatic heterocycles. The zero-order valence-electron chi connectivity index (χ0n) is 19.2. The quantitative estimate of drug-likeness (QED) is 0.630. The molecule has 2 aliphatic rings. The SMILES string of the molecule is CCOc1cc([C@@H]2[C@H]3CCCC[C@@]3(O)CCN2C(=O)c2cccc(NC(C)=O)c2)ccc1O. The minimum Gasteiger partial charge on any atom is -0.504 e. The first kappa shape index (κ1) is 23.1. The molecule has 1 aliphatic heterocycles. The van der Waals surface area contributed by atoms with E-state index in [1.54, 1.807) is 36.4 Å². The van der Waals surface area contributed by atoms with E-state index < -0.39 is 5.60 Å². The summed E-state index contributed by atoms with van der Waals surface area (Å²) >= 11 is 0. The maximum atomic E-state index is 13.7. The molecule has 0 bridgehead atoms. The Labute approximate surface area is 194 Å². The summed E-state index contributed by atoms with van der Waals surface area (Å²) in [5.41, 5.74) is 1.07. The second-order valence-corrected chi connectivity index (χ2v) is 9.07. The van der Waals surface area contributed by atoms with Gasteiger partial charge in [0.1, 0.15) is 0 Å². The number of ether oxygens (including phenoxy) is 1. The van der Waals surface area contributed by atoms with E-state index in [1.165, 1.54) is 6.92 Å². The van der Waals surface area contributed by atoms with Crippen LogP contribution in [0, 0.1) is 5.92 Å². The summed E-state index contributed by atoms with van der Waals surface area (Å²) in [7, 11) is 0. The number of carbonyl (C=O) groups is 2. The van der Waals surface area contributed by atoms with Gasteiger partial charge in [0.15, 0.2) is 11.5 Å². The van der Waals surface area contributed by atoms with Crippen molar-refractivity contribution >= 4 is 17.5 Å². The number of carbonyl (C=O) groups excluding carboxylic acids is 2. The Balaban J connectivity index is 1.74. The van der Waals surface area contributed by atoms with E-state index in [1.807, 2.05) is 17.9 Å². The Morgan fingerprint density at radius 3 is 2.76 bits per heavy atom. The lowest BCUT2D eigenvalue weighted by atomic mass is 9.66. The van der Waals surface area contributed by atoms with Crippen molar-refractivity contribution in [3.05, 3.63) is 53.6 Å². The fourth-order valence-corrected chi connectivity index (χ4v) is 5.41. The maximum Gasteiger partial charge on any atom is 0.254 e. The molecule has 2 amide bonds. The van der Waals surface area contributed by atoms with E-state index in [0.29, 0.717) is 36.6 Å². The number of amides is 2.